The van der Waals surface area contributed by atoms with Crippen LogP contribution in [0.25, 0.3) is 0 Å². The molecule has 1 aliphatic carbocycles. The number of carbonyl (C=O) groups excluding carboxylic acids is 3. The second kappa shape index (κ2) is 10.8. The van der Waals surface area contributed by atoms with Crippen molar-refractivity contribution in [2.45, 2.75) is 70.6 Å². The van der Waals surface area contributed by atoms with Crippen molar-refractivity contribution in [3.63, 3.8) is 0 Å². The average Bonchev–Trinajstić information content (AvgIpc) is 3.34. The van der Waals surface area contributed by atoms with Crippen LogP contribution in [0.3, 0.4) is 0 Å². The van der Waals surface area contributed by atoms with Crippen molar-refractivity contribution in [1.82, 2.24) is 9.99 Å². The Morgan fingerprint density at radius 3 is 2.53 bits per heavy atom. The van der Waals surface area contributed by atoms with Gasteiger partial charge in [0.05, 0.1) is 18.2 Å². The first kappa shape index (κ1) is 24.9. The van der Waals surface area contributed by atoms with Gasteiger partial charge in [0.2, 0.25) is 5.91 Å². The third-order valence-electron chi connectivity index (χ3n) is 6.97. The number of nitrogens with one attached hydrogen (secondary N) is 1. The second-order valence-electron chi connectivity index (χ2n) is 8.76. The van der Waals surface area contributed by atoms with Gasteiger partial charge in [0, 0.05) is 31.4 Å². The van der Waals surface area contributed by atoms with Gasteiger partial charge in [-0.3, -0.25) is 19.5 Å². The molecule has 1 aliphatic heterocycles. The predicted octanol–water partition coefficient (Wildman–Crippen LogP) is 3.08. The number of unbranched alkanes of at least 4 members (excludes halogenated alkanes) is 2. The topological polar surface area (TPSA) is 75.7 Å². The summed E-state index contributed by atoms with van der Waals surface area (Å²) in [6.07, 6.45) is 7.76. The van der Waals surface area contributed by atoms with E-state index in [0.29, 0.717) is 19.4 Å². The van der Waals surface area contributed by atoms with E-state index < -0.39 is 11.5 Å². The van der Waals surface area contributed by atoms with Crippen LogP contribution in [-0.4, -0.2) is 54.2 Å². The molecule has 7 heteroatoms. The number of ketones is 2. The number of methoxy groups -OCH3 is 1. The van der Waals surface area contributed by atoms with Crippen molar-refractivity contribution >= 4 is 26.9 Å². The van der Waals surface area contributed by atoms with Gasteiger partial charge in [0.25, 0.3) is 0 Å². The Labute approximate surface area is 183 Å². The molecule has 1 heterocycles. The highest BCUT2D eigenvalue weighted by Gasteiger charge is 2.59. The van der Waals surface area contributed by atoms with Crippen molar-refractivity contribution in [2.24, 2.45) is 17.3 Å². The minimum absolute atomic E-state index is 0.0271. The highest BCUT2D eigenvalue weighted by Crippen LogP contribution is 2.57. The summed E-state index contributed by atoms with van der Waals surface area (Å²) in [5.41, 5.74) is -0.638. The molecule has 168 valence electrons. The Kier molecular flexibility index (Phi) is 8.96. The highest BCUT2D eigenvalue weighted by molar-refractivity contribution is 7.13. The van der Waals surface area contributed by atoms with Gasteiger partial charge in [0.1, 0.15) is 5.78 Å². The zero-order chi connectivity index (χ0) is 22.5. The fourth-order valence-corrected chi connectivity index (χ4v) is 5.16. The summed E-state index contributed by atoms with van der Waals surface area (Å²) in [7, 11) is 4.05. The summed E-state index contributed by atoms with van der Waals surface area (Å²) in [6, 6.07) is -0.944. The summed E-state index contributed by atoms with van der Waals surface area (Å²) in [6.45, 7) is 11.4. The number of amides is 1. The van der Waals surface area contributed by atoms with Gasteiger partial charge in [-0.25, -0.2) is 0 Å². The predicted molar refractivity (Wildman–Crippen MR) is 122 cm³/mol. The maximum absolute atomic E-state index is 13.4. The molecular weight excluding hydrogens is 399 g/mol. The highest BCUT2D eigenvalue weighted by atomic mass is 31.0. The first-order valence-corrected chi connectivity index (χ1v) is 11.4. The van der Waals surface area contributed by atoms with Gasteiger partial charge >= 0.3 is 0 Å². The van der Waals surface area contributed by atoms with Crippen molar-refractivity contribution in [2.75, 3.05) is 13.7 Å². The molecule has 0 aromatic heterocycles. The van der Waals surface area contributed by atoms with Gasteiger partial charge < -0.3 is 9.64 Å². The van der Waals surface area contributed by atoms with E-state index in [4.69, 9.17) is 4.74 Å². The molecule has 0 bridgehead atoms. The molecule has 1 saturated heterocycles. The normalized spacial score (nSPS) is 31.3. The lowest BCUT2D eigenvalue weighted by Gasteiger charge is -2.30. The molecule has 2 rings (SSSR count). The Morgan fingerprint density at radius 2 is 2.03 bits per heavy atom. The number of rotatable bonds is 13. The lowest BCUT2D eigenvalue weighted by Crippen LogP contribution is -2.50. The van der Waals surface area contributed by atoms with Crippen LogP contribution in [0.1, 0.15) is 52.4 Å². The summed E-state index contributed by atoms with van der Waals surface area (Å²) in [4.78, 5) is 40.7. The molecule has 2 aliphatic rings. The quantitative estimate of drug-likeness (QED) is 0.273. The number of allylic oxidation sites excluding steroid dienone is 2. The third-order valence-corrected chi connectivity index (χ3v) is 7.37. The van der Waals surface area contributed by atoms with E-state index in [-0.39, 0.29) is 47.9 Å². The number of carbonyl (C=O) groups is 3. The van der Waals surface area contributed by atoms with E-state index in [1.807, 2.05) is 13.0 Å². The van der Waals surface area contributed by atoms with Crippen molar-refractivity contribution in [3.8, 4) is 0 Å². The van der Waals surface area contributed by atoms with Crippen LogP contribution in [0.5, 0.6) is 0 Å². The number of ether oxygens (including phenoxy) is 1. The number of Topliss-reactive ketones (excluding diaryl/α,β-unsaturated/α-hetero) is 2. The van der Waals surface area contributed by atoms with Crippen molar-refractivity contribution in [3.05, 3.63) is 25.3 Å². The van der Waals surface area contributed by atoms with Gasteiger partial charge in [0.15, 0.2) is 5.78 Å². The zero-order valence-corrected chi connectivity index (χ0v) is 19.7. The molecular formula is C23H37N2O4P. The van der Waals surface area contributed by atoms with E-state index in [2.05, 4.69) is 27.6 Å². The molecule has 1 N–H and O–H groups in total. The van der Waals surface area contributed by atoms with Crippen LogP contribution in [0.4, 0.5) is 0 Å². The first-order valence-electron chi connectivity index (χ1n) is 10.8. The fraction of sp³-hybridized carbons (Fsp3) is 0.696. The minimum atomic E-state index is -0.638. The first-order chi connectivity index (χ1) is 14.3. The molecule has 1 amide bonds. The number of hydrogen-bond acceptors (Lipinski definition) is 5. The standard InChI is InChI=1S/C23H37N2O4P/c1-6-8-9-10-11-18(24-30)22(28)25-14-20(29-5)15(3)21(25)19(27)13-23(16(4)26)12-17(23)7-2/h6-7,15,17-18,20-21,24H,1-2,8-14,30H2,3-5H3/t15?,17-,18+,20+,21+,23+/m1/s1. The Hall–Kier alpha value is -1.36. The van der Waals surface area contributed by atoms with Gasteiger partial charge in [-0.05, 0) is 38.5 Å². The van der Waals surface area contributed by atoms with Gasteiger partial charge in [-0.1, -0.05) is 34.9 Å². The molecule has 0 aromatic rings. The van der Waals surface area contributed by atoms with E-state index in [0.717, 1.165) is 19.3 Å². The van der Waals surface area contributed by atoms with Crippen LogP contribution in [-0.2, 0) is 19.1 Å². The molecule has 0 aromatic carbocycles. The summed E-state index contributed by atoms with van der Waals surface area (Å²) in [5.74, 6) is -0.184. The number of nitrogens with zero attached hydrogens (tertiary/aromatic N) is 1. The van der Waals surface area contributed by atoms with Crippen molar-refractivity contribution < 1.29 is 19.1 Å². The van der Waals surface area contributed by atoms with E-state index in [9.17, 15) is 14.4 Å². The Morgan fingerprint density at radius 1 is 1.33 bits per heavy atom. The average molecular weight is 437 g/mol. The van der Waals surface area contributed by atoms with E-state index in [1.54, 1.807) is 25.0 Å². The summed E-state index contributed by atoms with van der Waals surface area (Å²) >= 11 is 0. The molecule has 6 nitrogen and oxygen atoms in total. The van der Waals surface area contributed by atoms with E-state index >= 15 is 0 Å². The smallest absolute Gasteiger partial charge is 0.240 e. The largest absolute Gasteiger partial charge is 0.379 e. The molecule has 0 radical (unpaired) electrons. The summed E-state index contributed by atoms with van der Waals surface area (Å²) < 4.78 is 5.58. The molecule has 30 heavy (non-hydrogen) atoms. The summed E-state index contributed by atoms with van der Waals surface area (Å²) in [5, 5.41) is 3.04. The van der Waals surface area contributed by atoms with Crippen LogP contribution in [0.2, 0.25) is 0 Å². The van der Waals surface area contributed by atoms with Gasteiger partial charge in [-0.15, -0.1) is 13.2 Å². The molecule has 0 spiro atoms. The molecule has 2 fully saturated rings. The van der Waals surface area contributed by atoms with E-state index in [1.165, 1.54) is 0 Å². The van der Waals surface area contributed by atoms with Crippen LogP contribution in [0, 0.1) is 17.3 Å². The number of likely N-dealkylation sites (tertiary alicyclic amines) is 1. The third kappa shape index (κ3) is 5.09. The minimum Gasteiger partial charge on any atom is -0.379 e. The second-order valence-corrected chi connectivity index (χ2v) is 9.10. The monoisotopic (exact) mass is 436 g/mol. The lowest BCUT2D eigenvalue weighted by atomic mass is 9.86. The molecule has 7 atom stereocenters. The fourth-order valence-electron chi connectivity index (χ4n) is 4.85. The van der Waals surface area contributed by atoms with Gasteiger partial charge in [-0.2, -0.15) is 0 Å². The SMILES string of the molecule is C=CCCCC[C@H](NP)C(=O)N1C[C@H](OC)C(C)[C@H]1C(=O)C[C@]1(C(C)=O)C[C@H]1C=C. The van der Waals surface area contributed by atoms with Crippen LogP contribution < -0.4 is 5.09 Å². The molecule has 1 saturated carbocycles. The zero-order valence-electron chi connectivity index (χ0n) is 18.6. The maximum Gasteiger partial charge on any atom is 0.240 e. The Balaban J connectivity index is 2.17. The lowest BCUT2D eigenvalue weighted by molar-refractivity contribution is -0.141. The van der Waals surface area contributed by atoms with Crippen LogP contribution in [0.15, 0.2) is 25.3 Å². The maximum atomic E-state index is 13.4. The van der Waals surface area contributed by atoms with Crippen LogP contribution >= 0.6 is 9.39 Å². The number of hydrogen-bond donors (Lipinski definition) is 1. The molecule has 2 unspecified atom stereocenters. The van der Waals surface area contributed by atoms with Crippen molar-refractivity contribution in [1.29, 1.82) is 0 Å². The Bertz CT molecular complexity index is 682.